The zero-order chi connectivity index (χ0) is 24.9. The maximum Gasteiger partial charge on any atom is 0.348 e. The zero-order valence-electron chi connectivity index (χ0n) is 19.0. The highest BCUT2D eigenvalue weighted by Crippen LogP contribution is 2.46. The summed E-state index contributed by atoms with van der Waals surface area (Å²) in [4.78, 5) is 35.6. The molecule has 35 heavy (non-hydrogen) atoms. The molecule has 0 fully saturated rings. The molecule has 0 radical (unpaired) electrons. The minimum absolute atomic E-state index is 0.00950. The van der Waals surface area contributed by atoms with Crippen LogP contribution in [0.5, 0.6) is 17.2 Å². The van der Waals surface area contributed by atoms with Crippen LogP contribution in [0.2, 0.25) is 0 Å². The van der Waals surface area contributed by atoms with E-state index >= 15 is 0 Å². The highest BCUT2D eigenvalue weighted by molar-refractivity contribution is 5.93. The summed E-state index contributed by atoms with van der Waals surface area (Å²) >= 11 is 0. The molecule has 1 atom stereocenters. The minimum Gasteiger partial charge on any atom is -0.482 e. The normalized spacial score (nSPS) is 13.1. The van der Waals surface area contributed by atoms with Gasteiger partial charge in [-0.2, -0.15) is 0 Å². The van der Waals surface area contributed by atoms with Crippen LogP contribution in [0.15, 0.2) is 86.2 Å². The number of carbonyl (C=O) groups is 3. The molecule has 3 aromatic carbocycles. The van der Waals surface area contributed by atoms with E-state index in [0.29, 0.717) is 22.8 Å². The lowest BCUT2D eigenvalue weighted by molar-refractivity contribution is -0.140. The fourth-order valence-corrected chi connectivity index (χ4v) is 3.86. The van der Waals surface area contributed by atoms with Crippen molar-refractivity contribution in [2.45, 2.75) is 12.8 Å². The Morgan fingerprint density at radius 2 is 1.43 bits per heavy atom. The van der Waals surface area contributed by atoms with Crippen molar-refractivity contribution >= 4 is 17.9 Å². The summed E-state index contributed by atoms with van der Waals surface area (Å²) in [6, 6.07) is 17.2. The molecule has 4 rings (SSSR count). The van der Waals surface area contributed by atoms with Crippen LogP contribution in [0.25, 0.3) is 11.1 Å². The van der Waals surface area contributed by atoms with Crippen molar-refractivity contribution in [1.82, 2.24) is 0 Å². The minimum atomic E-state index is -0.572. The number of hydrogen-bond acceptors (Lipinski definition) is 7. The molecule has 0 aliphatic heterocycles. The van der Waals surface area contributed by atoms with Gasteiger partial charge in [0.1, 0.15) is 17.2 Å². The van der Waals surface area contributed by atoms with Crippen LogP contribution in [0.3, 0.4) is 0 Å². The van der Waals surface area contributed by atoms with Gasteiger partial charge in [0.05, 0.1) is 11.8 Å². The van der Waals surface area contributed by atoms with Crippen LogP contribution in [0, 0.1) is 0 Å². The van der Waals surface area contributed by atoms with Gasteiger partial charge in [0.25, 0.3) is 0 Å². The molecule has 0 spiro atoms. The number of ether oxygens (including phenoxy) is 4. The Morgan fingerprint density at radius 3 is 2.09 bits per heavy atom. The number of hydrogen-bond donors (Lipinski definition) is 0. The average molecular weight is 470 g/mol. The number of carbonyl (C=O) groups excluding carboxylic acids is 3. The second-order valence-corrected chi connectivity index (χ2v) is 7.70. The number of fused-ring (bicyclic) bond motifs is 3. The summed E-state index contributed by atoms with van der Waals surface area (Å²) < 4.78 is 20.7. The third-order valence-corrected chi connectivity index (χ3v) is 5.52. The lowest BCUT2D eigenvalue weighted by atomic mass is 9.98. The second kappa shape index (κ2) is 10.1. The number of rotatable bonds is 8. The zero-order valence-corrected chi connectivity index (χ0v) is 19.0. The lowest BCUT2D eigenvalue weighted by Crippen LogP contribution is -2.12. The molecular weight excluding hydrogens is 448 g/mol. The molecule has 0 saturated heterocycles. The van der Waals surface area contributed by atoms with Gasteiger partial charge in [-0.1, -0.05) is 32.2 Å². The molecular formula is C28H22O7. The smallest absolute Gasteiger partial charge is 0.348 e. The van der Waals surface area contributed by atoms with E-state index in [-0.39, 0.29) is 12.5 Å². The van der Waals surface area contributed by atoms with Crippen molar-refractivity contribution in [1.29, 1.82) is 0 Å². The van der Waals surface area contributed by atoms with Crippen molar-refractivity contribution in [3.05, 3.63) is 103 Å². The van der Waals surface area contributed by atoms with Crippen LogP contribution in [-0.4, -0.2) is 24.5 Å². The van der Waals surface area contributed by atoms with E-state index in [1.165, 1.54) is 12.1 Å². The van der Waals surface area contributed by atoms with Gasteiger partial charge < -0.3 is 18.9 Å². The molecule has 1 aliphatic rings. The Bertz CT molecular complexity index is 1320. The summed E-state index contributed by atoms with van der Waals surface area (Å²) in [5.74, 6) is -0.413. The van der Waals surface area contributed by atoms with E-state index < -0.39 is 17.9 Å². The number of esters is 3. The first-order valence-electron chi connectivity index (χ1n) is 10.8. The molecule has 0 N–H and O–H groups in total. The summed E-state index contributed by atoms with van der Waals surface area (Å²) in [6.07, 6.45) is 2.13. The van der Waals surface area contributed by atoms with Crippen LogP contribution in [-0.2, 0) is 14.3 Å². The molecule has 176 valence electrons. The van der Waals surface area contributed by atoms with Crippen molar-refractivity contribution in [3.8, 4) is 28.4 Å². The predicted molar refractivity (Wildman–Crippen MR) is 128 cm³/mol. The third-order valence-electron chi connectivity index (χ3n) is 5.52. The largest absolute Gasteiger partial charge is 0.482 e. The van der Waals surface area contributed by atoms with E-state index in [1.807, 2.05) is 31.2 Å². The van der Waals surface area contributed by atoms with Gasteiger partial charge in [-0.05, 0) is 70.8 Å². The maximum atomic E-state index is 12.8. The molecule has 0 aromatic heterocycles. The quantitative estimate of drug-likeness (QED) is 0.194. The van der Waals surface area contributed by atoms with Crippen LogP contribution >= 0.6 is 0 Å². The highest BCUT2D eigenvalue weighted by Gasteiger charge is 2.27. The molecule has 1 aliphatic carbocycles. The van der Waals surface area contributed by atoms with Gasteiger partial charge in [-0.15, -0.1) is 0 Å². The lowest BCUT2D eigenvalue weighted by Gasteiger charge is -2.10. The van der Waals surface area contributed by atoms with Gasteiger partial charge in [-0.25, -0.2) is 14.4 Å². The van der Waals surface area contributed by atoms with Gasteiger partial charge in [0.15, 0.2) is 6.61 Å². The summed E-state index contributed by atoms with van der Waals surface area (Å²) in [5, 5.41) is 0. The molecule has 7 heteroatoms. The average Bonchev–Trinajstić information content (AvgIpc) is 3.14. The van der Waals surface area contributed by atoms with E-state index in [4.69, 9.17) is 14.2 Å². The first kappa shape index (κ1) is 23.5. The first-order valence-corrected chi connectivity index (χ1v) is 10.8. The van der Waals surface area contributed by atoms with Crippen molar-refractivity contribution in [2.24, 2.45) is 0 Å². The number of benzene rings is 3. The van der Waals surface area contributed by atoms with E-state index in [2.05, 4.69) is 17.9 Å². The van der Waals surface area contributed by atoms with Gasteiger partial charge in [-0.3, -0.25) is 0 Å². The molecule has 0 bridgehead atoms. The van der Waals surface area contributed by atoms with Gasteiger partial charge >= 0.3 is 17.9 Å². The van der Waals surface area contributed by atoms with Crippen molar-refractivity contribution in [3.63, 3.8) is 0 Å². The van der Waals surface area contributed by atoms with Gasteiger partial charge in [0, 0.05) is 12.0 Å². The Morgan fingerprint density at radius 1 is 0.829 bits per heavy atom. The highest BCUT2D eigenvalue weighted by atomic mass is 16.6. The predicted octanol–water partition coefficient (Wildman–Crippen LogP) is 5.19. The second-order valence-electron chi connectivity index (χ2n) is 7.70. The summed E-state index contributed by atoms with van der Waals surface area (Å²) in [6.45, 7) is 8.51. The van der Waals surface area contributed by atoms with Crippen LogP contribution in [0.4, 0.5) is 0 Å². The maximum absolute atomic E-state index is 12.8. The molecule has 1 unspecified atom stereocenters. The SMILES string of the molecule is C=COC(=O)COc1ccc2c(c1)C(C)c1cc(C(=O)Oc3ccc(OC(=O)C=C)cc3)ccc1-2. The molecule has 3 aromatic rings. The Hall–Kier alpha value is -4.65. The summed E-state index contributed by atoms with van der Waals surface area (Å²) in [7, 11) is 0. The molecule has 0 saturated carbocycles. The monoisotopic (exact) mass is 470 g/mol. The van der Waals surface area contributed by atoms with Crippen LogP contribution in [0.1, 0.15) is 34.3 Å². The van der Waals surface area contributed by atoms with Crippen LogP contribution < -0.4 is 14.2 Å². The standard InChI is InChI=1S/C28H22O7/c1-4-26(29)34-19-7-9-20(10-8-19)35-28(31)18-6-12-22-23-13-11-21(33-16-27(30)32-5-2)15-25(23)17(3)24(22)14-18/h4-15,17H,1-2,16H2,3H3. The Kier molecular flexibility index (Phi) is 6.78. The van der Waals surface area contributed by atoms with E-state index in [0.717, 1.165) is 34.6 Å². The fourth-order valence-electron chi connectivity index (χ4n) is 3.86. The third kappa shape index (κ3) is 5.14. The first-order chi connectivity index (χ1) is 16.9. The molecule has 0 amide bonds. The Labute approximate surface area is 202 Å². The molecule has 7 nitrogen and oxygen atoms in total. The Balaban J connectivity index is 1.47. The topological polar surface area (TPSA) is 88.1 Å². The van der Waals surface area contributed by atoms with E-state index in [1.54, 1.807) is 24.3 Å². The van der Waals surface area contributed by atoms with E-state index in [9.17, 15) is 14.4 Å². The summed E-state index contributed by atoms with van der Waals surface area (Å²) in [5.41, 5.74) is 4.50. The van der Waals surface area contributed by atoms with Gasteiger partial charge in [0.2, 0.25) is 0 Å². The molecule has 0 heterocycles. The fraction of sp³-hybridized carbons (Fsp3) is 0.107. The van der Waals surface area contributed by atoms with Crippen molar-refractivity contribution in [2.75, 3.05) is 6.61 Å². The van der Waals surface area contributed by atoms with Crippen molar-refractivity contribution < 1.29 is 33.3 Å².